The molecule has 0 fully saturated rings. The van der Waals surface area contributed by atoms with Crippen molar-refractivity contribution < 1.29 is 17.9 Å². The molecule has 2 aromatic rings. The van der Waals surface area contributed by atoms with Gasteiger partial charge in [-0.05, 0) is 44.5 Å². The third kappa shape index (κ3) is 3.39. The first-order valence-electron chi connectivity index (χ1n) is 8.10. The predicted octanol–water partition coefficient (Wildman–Crippen LogP) is 3.15. The Balaban J connectivity index is 2.14. The minimum Gasteiger partial charge on any atom is -0.458 e. The van der Waals surface area contributed by atoms with Crippen molar-refractivity contribution in [2.75, 3.05) is 4.31 Å². The number of nitrogens with zero attached hydrogens (tertiary/aromatic N) is 1. The van der Waals surface area contributed by atoms with E-state index in [1.165, 1.54) is 4.31 Å². The maximum Gasteiger partial charge on any atom is 0.330 e. The Morgan fingerprint density at radius 3 is 2.28 bits per heavy atom. The summed E-state index contributed by atoms with van der Waals surface area (Å²) in [6.07, 6.45) is 0.277. The topological polar surface area (TPSA) is 63.7 Å². The molecule has 3 rings (SSSR count). The molecule has 0 spiro atoms. The molecule has 0 N–H and O–H groups in total. The molecule has 1 atom stereocenters. The summed E-state index contributed by atoms with van der Waals surface area (Å²) in [4.78, 5) is 13.0. The van der Waals surface area contributed by atoms with Crippen molar-refractivity contribution in [1.29, 1.82) is 0 Å². The number of carbonyl (C=O) groups excluding carboxylic acids is 1. The fraction of sp³-hybridized carbons (Fsp3) is 0.316. The molecule has 5 nitrogen and oxygen atoms in total. The van der Waals surface area contributed by atoms with Crippen molar-refractivity contribution in [3.8, 4) is 0 Å². The Bertz CT molecular complexity index is 885. The minimum absolute atomic E-state index is 0.235. The molecule has 0 aromatic heterocycles. The van der Waals surface area contributed by atoms with Gasteiger partial charge in [0.2, 0.25) is 0 Å². The summed E-state index contributed by atoms with van der Waals surface area (Å²) >= 11 is 0. The third-order valence-electron chi connectivity index (χ3n) is 3.90. The summed E-state index contributed by atoms with van der Waals surface area (Å²) in [7, 11) is -3.85. The van der Waals surface area contributed by atoms with Crippen molar-refractivity contribution in [3.63, 3.8) is 0 Å². The maximum atomic E-state index is 13.2. The highest BCUT2D eigenvalue weighted by Gasteiger charge is 2.43. The average molecular weight is 359 g/mol. The molecule has 2 aromatic carbocycles. The number of ether oxygens (including phenoxy) is 1. The van der Waals surface area contributed by atoms with E-state index in [9.17, 15) is 13.2 Å². The summed E-state index contributed by atoms with van der Waals surface area (Å²) in [5.41, 5.74) is 0.388. The van der Waals surface area contributed by atoms with Crippen LogP contribution >= 0.6 is 0 Å². The Kier molecular flexibility index (Phi) is 4.33. The van der Waals surface area contributed by atoms with E-state index in [0.29, 0.717) is 11.3 Å². The van der Waals surface area contributed by atoms with Crippen LogP contribution in [0.25, 0.3) is 0 Å². The van der Waals surface area contributed by atoms with E-state index >= 15 is 0 Å². The molecule has 0 saturated heterocycles. The number of benzene rings is 2. The number of carbonyl (C=O) groups is 1. The maximum absolute atomic E-state index is 13.2. The molecule has 0 aliphatic carbocycles. The molecule has 1 aliphatic rings. The van der Waals surface area contributed by atoms with E-state index in [4.69, 9.17) is 4.74 Å². The molecule has 132 valence electrons. The zero-order valence-corrected chi connectivity index (χ0v) is 15.3. The van der Waals surface area contributed by atoms with Crippen LogP contribution in [0, 0.1) is 0 Å². The molecule has 1 unspecified atom stereocenters. The molecule has 1 aliphatic heterocycles. The van der Waals surface area contributed by atoms with Gasteiger partial charge in [0, 0.05) is 6.42 Å². The molecular formula is C19H21NO4S. The van der Waals surface area contributed by atoms with Gasteiger partial charge >= 0.3 is 5.97 Å². The largest absolute Gasteiger partial charge is 0.458 e. The number of hydrogen-bond donors (Lipinski definition) is 0. The lowest BCUT2D eigenvalue weighted by Gasteiger charge is -2.37. The van der Waals surface area contributed by atoms with E-state index < -0.39 is 27.6 Å². The van der Waals surface area contributed by atoms with Crippen molar-refractivity contribution in [1.82, 2.24) is 0 Å². The van der Waals surface area contributed by atoms with Gasteiger partial charge in [-0.3, -0.25) is 4.31 Å². The predicted molar refractivity (Wildman–Crippen MR) is 95.9 cm³/mol. The van der Waals surface area contributed by atoms with Crippen molar-refractivity contribution >= 4 is 21.7 Å². The highest BCUT2D eigenvalue weighted by molar-refractivity contribution is 7.93. The van der Waals surface area contributed by atoms with Gasteiger partial charge in [-0.2, -0.15) is 0 Å². The lowest BCUT2D eigenvalue weighted by atomic mass is 10.0. The number of fused-ring (bicyclic) bond motifs is 1. The van der Waals surface area contributed by atoms with E-state index in [1.54, 1.807) is 75.4 Å². The summed E-state index contributed by atoms with van der Waals surface area (Å²) in [5, 5.41) is 0. The number of rotatable bonds is 2. The Morgan fingerprint density at radius 1 is 1.04 bits per heavy atom. The molecule has 0 saturated carbocycles. The van der Waals surface area contributed by atoms with Gasteiger partial charge in [0.15, 0.2) is 0 Å². The van der Waals surface area contributed by atoms with Crippen LogP contribution < -0.4 is 4.31 Å². The highest BCUT2D eigenvalue weighted by Crippen LogP contribution is 2.35. The number of sulfonamides is 1. The van der Waals surface area contributed by atoms with Crippen molar-refractivity contribution in [2.45, 2.75) is 43.7 Å². The Morgan fingerprint density at radius 2 is 1.64 bits per heavy atom. The van der Waals surface area contributed by atoms with Crippen molar-refractivity contribution in [2.24, 2.45) is 0 Å². The second-order valence-electron chi connectivity index (χ2n) is 7.00. The molecule has 0 radical (unpaired) electrons. The third-order valence-corrected chi connectivity index (χ3v) is 5.83. The van der Waals surface area contributed by atoms with E-state index in [0.717, 1.165) is 0 Å². The second-order valence-corrected chi connectivity index (χ2v) is 8.78. The van der Waals surface area contributed by atoms with E-state index in [2.05, 4.69) is 0 Å². The molecule has 25 heavy (non-hydrogen) atoms. The number of esters is 1. The van der Waals surface area contributed by atoms with Crippen LogP contribution in [0.2, 0.25) is 0 Å². The minimum atomic E-state index is -3.85. The average Bonchev–Trinajstić information content (AvgIpc) is 2.53. The van der Waals surface area contributed by atoms with Gasteiger partial charge in [-0.15, -0.1) is 0 Å². The molecule has 0 amide bonds. The zero-order valence-electron chi connectivity index (χ0n) is 14.5. The van der Waals surface area contributed by atoms with E-state index in [1.807, 2.05) is 0 Å². The smallest absolute Gasteiger partial charge is 0.330 e. The second kappa shape index (κ2) is 6.19. The molecule has 1 heterocycles. The van der Waals surface area contributed by atoms with Gasteiger partial charge in [0.1, 0.15) is 11.6 Å². The first-order valence-corrected chi connectivity index (χ1v) is 9.54. The number of hydrogen-bond acceptors (Lipinski definition) is 4. The Hall–Kier alpha value is -2.34. The fourth-order valence-electron chi connectivity index (χ4n) is 2.93. The van der Waals surface area contributed by atoms with E-state index in [-0.39, 0.29) is 11.3 Å². The first-order chi connectivity index (χ1) is 11.7. The van der Waals surface area contributed by atoms with Crippen LogP contribution in [0.15, 0.2) is 59.5 Å². The van der Waals surface area contributed by atoms with Crippen LogP contribution in [0.5, 0.6) is 0 Å². The monoisotopic (exact) mass is 359 g/mol. The molecule has 0 bridgehead atoms. The van der Waals surface area contributed by atoms with Gasteiger partial charge in [-0.1, -0.05) is 36.4 Å². The van der Waals surface area contributed by atoms with Crippen LogP contribution in [0.1, 0.15) is 26.3 Å². The fourth-order valence-corrected chi connectivity index (χ4v) is 4.77. The van der Waals surface area contributed by atoms with Crippen LogP contribution in [0.3, 0.4) is 0 Å². The van der Waals surface area contributed by atoms with Crippen molar-refractivity contribution in [3.05, 3.63) is 60.2 Å². The summed E-state index contributed by atoms with van der Waals surface area (Å²) in [5.74, 6) is -0.547. The van der Waals surface area contributed by atoms with Crippen LogP contribution in [-0.2, 0) is 26.0 Å². The Labute approximate surface area is 148 Å². The normalized spacial score (nSPS) is 19.2. The van der Waals surface area contributed by atoms with Crippen LogP contribution in [0.4, 0.5) is 5.69 Å². The van der Waals surface area contributed by atoms with Gasteiger partial charge < -0.3 is 4.74 Å². The standard InChI is InChI=1S/C19H21NO4S/c1-19(2,3)24-18(21)16-13-14-9-7-8-12-17(14)25(22,23)20(16)15-10-5-4-6-11-15/h4-12,16H,13H2,1-3H3. The van der Waals surface area contributed by atoms with Crippen LogP contribution in [-0.4, -0.2) is 26.0 Å². The summed E-state index contributed by atoms with van der Waals surface area (Å²) in [6, 6.07) is 14.5. The quantitative estimate of drug-likeness (QED) is 0.773. The number of para-hydroxylation sites is 1. The van der Waals surface area contributed by atoms with Gasteiger partial charge in [0.25, 0.3) is 10.0 Å². The lowest BCUT2D eigenvalue weighted by molar-refractivity contribution is -0.156. The summed E-state index contributed by atoms with van der Waals surface area (Å²) < 4.78 is 33.1. The lowest BCUT2D eigenvalue weighted by Crippen LogP contribution is -2.51. The van der Waals surface area contributed by atoms with Gasteiger partial charge in [-0.25, -0.2) is 13.2 Å². The molecular weight excluding hydrogens is 338 g/mol. The SMILES string of the molecule is CC(C)(C)OC(=O)C1Cc2ccccc2S(=O)(=O)N1c1ccccc1. The summed E-state index contributed by atoms with van der Waals surface area (Å²) in [6.45, 7) is 5.30. The zero-order chi connectivity index (χ0) is 18.2. The highest BCUT2D eigenvalue weighted by atomic mass is 32.2. The number of anilines is 1. The first kappa shape index (κ1) is 17.5. The van der Waals surface area contributed by atoms with Gasteiger partial charge in [0.05, 0.1) is 10.6 Å². The molecule has 6 heteroatoms.